The Morgan fingerprint density at radius 2 is 2.11 bits per heavy atom. The zero-order valence-electron chi connectivity index (χ0n) is 15.0. The van der Waals surface area contributed by atoms with E-state index in [1.807, 2.05) is 24.1 Å². The monoisotopic (exact) mass is 401 g/mol. The second kappa shape index (κ2) is 7.10. The van der Waals surface area contributed by atoms with E-state index in [0.29, 0.717) is 30.9 Å². The molecule has 0 saturated heterocycles. The van der Waals surface area contributed by atoms with Gasteiger partial charge in [0.2, 0.25) is 0 Å². The SMILES string of the molecule is Cn1nc(NCc2ccc(C#N)cc2)c2c1C(=O)N(CC1(SCl)CC1)CC2. The highest BCUT2D eigenvalue weighted by molar-refractivity contribution is 8.22. The number of carbonyl (C=O) groups is 1. The number of aromatic nitrogens is 2. The Morgan fingerprint density at radius 3 is 2.74 bits per heavy atom. The molecule has 0 atom stereocenters. The third-order valence-electron chi connectivity index (χ3n) is 5.26. The number of rotatable bonds is 6. The standard InChI is InChI=1S/C19H20ClN5OS/c1-24-16-15(6-9-25(18(16)26)12-19(27-20)7-8-19)17(23-24)22-11-14-4-2-13(10-21)3-5-14/h2-5H,6-9,11-12H2,1H3,(H,22,23). The Bertz CT molecular complexity index is 913. The third-order valence-corrected chi connectivity index (χ3v) is 7.11. The predicted octanol–water partition coefficient (Wildman–Crippen LogP) is 3.32. The summed E-state index contributed by atoms with van der Waals surface area (Å²) in [5.41, 5.74) is 3.35. The molecule has 140 valence electrons. The van der Waals surface area contributed by atoms with Crippen molar-refractivity contribution in [1.82, 2.24) is 14.7 Å². The lowest BCUT2D eigenvalue weighted by atomic mass is 10.1. The Hall–Kier alpha value is -2.17. The van der Waals surface area contributed by atoms with Crippen molar-refractivity contribution in [3.8, 4) is 6.07 Å². The van der Waals surface area contributed by atoms with E-state index in [-0.39, 0.29) is 10.7 Å². The number of hydrogen-bond acceptors (Lipinski definition) is 5. The van der Waals surface area contributed by atoms with Crippen LogP contribution in [-0.4, -0.2) is 38.4 Å². The first kappa shape index (κ1) is 18.2. The molecule has 4 rings (SSSR count). The van der Waals surface area contributed by atoms with E-state index in [2.05, 4.69) is 16.5 Å². The Labute approximate surface area is 167 Å². The predicted molar refractivity (Wildman–Crippen MR) is 107 cm³/mol. The molecule has 0 unspecified atom stereocenters. The minimum atomic E-state index is 0.0367. The number of anilines is 1. The molecule has 8 heteroatoms. The average molecular weight is 402 g/mol. The van der Waals surface area contributed by atoms with Gasteiger partial charge in [-0.25, -0.2) is 0 Å². The maximum atomic E-state index is 13.0. The fraction of sp³-hybridized carbons (Fsp3) is 0.421. The number of fused-ring (bicyclic) bond motifs is 1. The zero-order chi connectivity index (χ0) is 19.0. The summed E-state index contributed by atoms with van der Waals surface area (Å²) >= 11 is 0. The van der Waals surface area contributed by atoms with Gasteiger partial charge in [0.1, 0.15) is 5.69 Å². The third kappa shape index (κ3) is 3.52. The van der Waals surface area contributed by atoms with Gasteiger partial charge in [-0.1, -0.05) is 12.1 Å². The van der Waals surface area contributed by atoms with Gasteiger partial charge in [0.05, 0.1) is 11.6 Å². The normalized spacial score (nSPS) is 17.4. The fourth-order valence-electron chi connectivity index (χ4n) is 3.49. The number of aryl methyl sites for hydroxylation is 1. The van der Waals surface area contributed by atoms with E-state index in [0.717, 1.165) is 36.2 Å². The lowest BCUT2D eigenvalue weighted by Gasteiger charge is -2.30. The van der Waals surface area contributed by atoms with Gasteiger partial charge < -0.3 is 10.2 Å². The van der Waals surface area contributed by atoms with Crippen molar-refractivity contribution >= 4 is 33.4 Å². The first-order chi connectivity index (χ1) is 13.0. The highest BCUT2D eigenvalue weighted by Crippen LogP contribution is 2.51. The van der Waals surface area contributed by atoms with Crippen molar-refractivity contribution in [3.63, 3.8) is 0 Å². The molecule has 1 aromatic carbocycles. The molecule has 1 aliphatic heterocycles. The Balaban J connectivity index is 1.48. The Morgan fingerprint density at radius 1 is 1.37 bits per heavy atom. The van der Waals surface area contributed by atoms with Gasteiger partial charge in [0.15, 0.2) is 5.82 Å². The average Bonchev–Trinajstić information content (AvgIpc) is 3.39. The van der Waals surface area contributed by atoms with Crippen LogP contribution in [0, 0.1) is 11.3 Å². The molecule has 0 radical (unpaired) electrons. The van der Waals surface area contributed by atoms with Crippen LogP contribution in [0.4, 0.5) is 5.82 Å². The first-order valence-corrected chi connectivity index (χ1v) is 10.6. The quantitative estimate of drug-likeness (QED) is 0.803. The summed E-state index contributed by atoms with van der Waals surface area (Å²) in [5, 5.41) is 16.8. The van der Waals surface area contributed by atoms with Crippen molar-refractivity contribution in [3.05, 3.63) is 46.6 Å². The molecule has 1 N–H and O–H groups in total. The summed E-state index contributed by atoms with van der Waals surface area (Å²) in [6.07, 6.45) is 2.93. The van der Waals surface area contributed by atoms with Crippen LogP contribution in [0.3, 0.4) is 0 Å². The van der Waals surface area contributed by atoms with Gasteiger partial charge >= 0.3 is 0 Å². The molecule has 2 heterocycles. The molecule has 27 heavy (non-hydrogen) atoms. The molecule has 0 spiro atoms. The zero-order valence-corrected chi connectivity index (χ0v) is 16.6. The van der Waals surface area contributed by atoms with E-state index < -0.39 is 0 Å². The topological polar surface area (TPSA) is 74.0 Å². The van der Waals surface area contributed by atoms with Crippen LogP contribution < -0.4 is 5.32 Å². The van der Waals surface area contributed by atoms with Crippen molar-refractivity contribution < 1.29 is 4.79 Å². The van der Waals surface area contributed by atoms with Gasteiger partial charge in [0.25, 0.3) is 5.91 Å². The molecule has 1 saturated carbocycles. The molecule has 6 nitrogen and oxygen atoms in total. The summed E-state index contributed by atoms with van der Waals surface area (Å²) in [5.74, 6) is 0.798. The van der Waals surface area contributed by atoms with Gasteiger partial charge in [-0.05, 0) is 58.6 Å². The van der Waals surface area contributed by atoms with Crippen molar-refractivity contribution in [2.24, 2.45) is 7.05 Å². The van der Waals surface area contributed by atoms with Crippen molar-refractivity contribution in [2.45, 2.75) is 30.6 Å². The summed E-state index contributed by atoms with van der Waals surface area (Å²) in [6, 6.07) is 9.57. The van der Waals surface area contributed by atoms with Gasteiger partial charge in [-0.2, -0.15) is 10.4 Å². The highest BCUT2D eigenvalue weighted by Gasteiger charge is 2.46. The number of nitriles is 1. The van der Waals surface area contributed by atoms with Crippen LogP contribution in [0.15, 0.2) is 24.3 Å². The smallest absolute Gasteiger partial charge is 0.272 e. The second-order valence-electron chi connectivity index (χ2n) is 7.20. The number of amides is 1. The second-order valence-corrected chi connectivity index (χ2v) is 8.68. The number of nitrogens with one attached hydrogen (secondary N) is 1. The molecular weight excluding hydrogens is 382 g/mol. The molecule has 1 fully saturated rings. The van der Waals surface area contributed by atoms with Crippen LogP contribution >= 0.6 is 21.7 Å². The summed E-state index contributed by atoms with van der Waals surface area (Å²) in [4.78, 5) is 14.9. The molecule has 1 aliphatic carbocycles. The minimum absolute atomic E-state index is 0.0367. The maximum Gasteiger partial charge on any atom is 0.272 e. The van der Waals surface area contributed by atoms with Gasteiger partial charge in [0, 0.05) is 37.0 Å². The lowest BCUT2D eigenvalue weighted by Crippen LogP contribution is -2.42. The van der Waals surface area contributed by atoms with Crippen LogP contribution in [0.2, 0.25) is 0 Å². The van der Waals surface area contributed by atoms with Crippen molar-refractivity contribution in [2.75, 3.05) is 18.4 Å². The fourth-order valence-corrected chi connectivity index (χ4v) is 4.56. The van der Waals surface area contributed by atoms with E-state index in [9.17, 15) is 4.79 Å². The summed E-state index contributed by atoms with van der Waals surface area (Å²) in [6.45, 7) is 2.00. The number of hydrogen-bond donors (Lipinski definition) is 1. The number of benzene rings is 1. The molecule has 1 aromatic heterocycles. The van der Waals surface area contributed by atoms with E-state index >= 15 is 0 Å². The summed E-state index contributed by atoms with van der Waals surface area (Å²) in [7, 11) is 9.18. The minimum Gasteiger partial charge on any atom is -0.364 e. The highest BCUT2D eigenvalue weighted by atomic mass is 35.7. The van der Waals surface area contributed by atoms with Crippen LogP contribution in [0.5, 0.6) is 0 Å². The molecular formula is C19H20ClN5OS. The first-order valence-electron chi connectivity index (χ1n) is 8.93. The largest absolute Gasteiger partial charge is 0.364 e. The summed E-state index contributed by atoms with van der Waals surface area (Å²) < 4.78 is 1.72. The van der Waals surface area contributed by atoms with Crippen LogP contribution in [0.25, 0.3) is 0 Å². The number of nitrogens with zero attached hydrogens (tertiary/aromatic N) is 4. The number of halogens is 1. The van der Waals surface area contributed by atoms with E-state index in [1.54, 1.807) is 16.8 Å². The van der Waals surface area contributed by atoms with Crippen LogP contribution in [0.1, 0.15) is 40.0 Å². The lowest BCUT2D eigenvalue weighted by molar-refractivity contribution is 0.0726. The van der Waals surface area contributed by atoms with E-state index in [1.165, 1.54) is 11.0 Å². The molecule has 2 aliphatic rings. The van der Waals surface area contributed by atoms with Gasteiger partial charge in [-0.3, -0.25) is 9.48 Å². The van der Waals surface area contributed by atoms with E-state index in [4.69, 9.17) is 15.9 Å². The van der Waals surface area contributed by atoms with Crippen LogP contribution in [-0.2, 0) is 20.0 Å². The Kier molecular flexibility index (Phi) is 4.79. The number of carbonyl (C=O) groups excluding carboxylic acids is 1. The molecule has 1 amide bonds. The van der Waals surface area contributed by atoms with Gasteiger partial charge in [-0.15, -0.1) is 0 Å². The van der Waals surface area contributed by atoms with Crippen molar-refractivity contribution in [1.29, 1.82) is 5.26 Å². The molecule has 2 aromatic rings. The maximum absolute atomic E-state index is 13.0. The molecule has 0 bridgehead atoms.